The lowest BCUT2D eigenvalue weighted by Crippen LogP contribution is -3.00. The molecule has 384 valence electrons. The van der Waals surface area contributed by atoms with Gasteiger partial charge in [0, 0.05) is 32.1 Å². The summed E-state index contributed by atoms with van der Waals surface area (Å²) in [5.74, 6) is -1.22. The van der Waals surface area contributed by atoms with Crippen molar-refractivity contribution in [1.29, 1.82) is 0 Å². The van der Waals surface area contributed by atoms with Gasteiger partial charge < -0.3 is 63.7 Å². The third-order valence-electron chi connectivity index (χ3n) is 11.0. The van der Waals surface area contributed by atoms with Crippen LogP contribution in [0, 0.1) is 0 Å². The summed E-state index contributed by atoms with van der Waals surface area (Å²) in [6.45, 7) is 6.49. The van der Waals surface area contributed by atoms with Gasteiger partial charge in [0.2, 0.25) is 11.8 Å². The second-order valence-electron chi connectivity index (χ2n) is 19.6. The Bertz CT molecular complexity index is 1240. The van der Waals surface area contributed by atoms with E-state index in [1.807, 2.05) is 48.4 Å². The van der Waals surface area contributed by atoms with Crippen molar-refractivity contribution in [2.45, 2.75) is 212 Å². The van der Waals surface area contributed by atoms with E-state index >= 15 is 0 Å². The number of nitrogens with zero attached hydrogens (tertiary/aromatic N) is 2. The van der Waals surface area contributed by atoms with Crippen molar-refractivity contribution in [3.63, 3.8) is 0 Å². The highest BCUT2D eigenvalue weighted by Crippen LogP contribution is 2.17. The van der Waals surface area contributed by atoms with Crippen LogP contribution in [-0.2, 0) is 38.2 Å². The van der Waals surface area contributed by atoms with E-state index in [0.29, 0.717) is 60.7 Å². The normalized spacial score (nSPS) is 12.9. The summed E-state index contributed by atoms with van der Waals surface area (Å²) in [7, 11) is 12.2. The average Bonchev–Trinajstić information content (AvgIpc) is 3.19. The maximum Gasteiger partial charge on any atom is 0.306 e. The van der Waals surface area contributed by atoms with Gasteiger partial charge in [-0.1, -0.05) is 109 Å². The Balaban J connectivity index is -0.0000192. The summed E-state index contributed by atoms with van der Waals surface area (Å²) in [6.07, 6.45) is 25.2. The van der Waals surface area contributed by atoms with Gasteiger partial charge >= 0.3 is 17.9 Å². The first-order valence-corrected chi connectivity index (χ1v) is 25.0. The van der Waals surface area contributed by atoms with Crippen LogP contribution in [0.1, 0.15) is 194 Å². The van der Waals surface area contributed by atoms with Gasteiger partial charge in [-0.15, -0.1) is 0 Å². The van der Waals surface area contributed by atoms with Gasteiger partial charge in [0.25, 0.3) is 0 Å². The molecule has 65 heavy (non-hydrogen) atoms. The third-order valence-corrected chi connectivity index (χ3v) is 11.0. The highest BCUT2D eigenvalue weighted by atomic mass is 35.5. The van der Waals surface area contributed by atoms with Crippen molar-refractivity contribution in [2.24, 2.45) is 0 Å². The van der Waals surface area contributed by atoms with E-state index in [2.05, 4.69) is 30.6 Å². The standard InChI is InChI=1S/C50H94N4O9.2ClH/c1-9-11-13-14-15-16-20-23-27-33-45(52-47(57)35-29-36-48(58)61-41-39-53(3,4)5)51-46(56)34-28-24-21-18-17-19-22-26-31-43(55)44(32-25-12-10-2)63-50(60)38-30-37-49(59)62-42-40-54(6,7)8;;/h22,26,43-45,55H,9-21,23-25,27-42H2,1-8H3;2*1H/b26-22-;;. The number of carbonyl (C=O) groups is 5. The van der Waals surface area contributed by atoms with E-state index in [1.165, 1.54) is 38.5 Å². The Morgan fingerprint density at radius 1 is 0.508 bits per heavy atom. The molecule has 0 rings (SSSR count). The second-order valence-corrected chi connectivity index (χ2v) is 19.6. The Hall–Kier alpha value is -2.45. The van der Waals surface area contributed by atoms with Crippen molar-refractivity contribution in [2.75, 3.05) is 68.6 Å². The van der Waals surface area contributed by atoms with Gasteiger partial charge in [0.1, 0.15) is 38.6 Å². The molecular formula is C50H96Cl2N4O9. The number of unbranched alkanes of at least 4 members (excludes halogenated alkanes) is 15. The molecule has 3 N–H and O–H groups in total. The number of nitrogens with one attached hydrogen (secondary N) is 2. The Morgan fingerprint density at radius 3 is 1.45 bits per heavy atom. The minimum Gasteiger partial charge on any atom is -1.00 e. The van der Waals surface area contributed by atoms with E-state index in [-0.39, 0.29) is 74.3 Å². The predicted molar refractivity (Wildman–Crippen MR) is 253 cm³/mol. The SMILES string of the molecule is CCCCCCCCCCCC(NC(=O)CCCCCCC/C=C\CC(O)C(CCCCC)OC(=O)CCCC(=O)OCC[N+](C)(C)C)NC(=O)CCCC(=O)OCC[N+](C)(C)C.[Cl-].[Cl-]. The van der Waals surface area contributed by atoms with Crippen molar-refractivity contribution in [3.05, 3.63) is 12.2 Å². The number of halogens is 2. The Labute approximate surface area is 408 Å². The van der Waals surface area contributed by atoms with Gasteiger partial charge in [-0.2, -0.15) is 0 Å². The maximum absolute atomic E-state index is 12.9. The topological polar surface area (TPSA) is 157 Å². The highest BCUT2D eigenvalue weighted by molar-refractivity contribution is 5.79. The number of likely N-dealkylation sites (N-methyl/N-ethyl adjacent to an activating group) is 2. The summed E-state index contributed by atoms with van der Waals surface area (Å²) < 4.78 is 17.7. The molecule has 0 saturated heterocycles. The largest absolute Gasteiger partial charge is 1.00 e. The first-order chi connectivity index (χ1) is 30.0. The summed E-state index contributed by atoms with van der Waals surface area (Å²) >= 11 is 0. The molecule has 0 radical (unpaired) electrons. The van der Waals surface area contributed by atoms with E-state index < -0.39 is 24.3 Å². The number of carbonyl (C=O) groups excluding carboxylic acids is 5. The second kappa shape index (κ2) is 42.9. The lowest BCUT2D eigenvalue weighted by atomic mass is 10.0. The Morgan fingerprint density at radius 2 is 0.923 bits per heavy atom. The predicted octanol–water partition coefficient (Wildman–Crippen LogP) is 2.84. The molecule has 0 spiro atoms. The molecule has 0 aromatic rings. The van der Waals surface area contributed by atoms with Crippen LogP contribution < -0.4 is 35.4 Å². The minimum atomic E-state index is -0.787. The smallest absolute Gasteiger partial charge is 0.306 e. The first-order valence-electron chi connectivity index (χ1n) is 25.0. The van der Waals surface area contributed by atoms with E-state index in [0.717, 1.165) is 90.1 Å². The van der Waals surface area contributed by atoms with Crippen molar-refractivity contribution < 1.29 is 77.1 Å². The molecule has 13 nitrogen and oxygen atoms in total. The van der Waals surface area contributed by atoms with E-state index in [4.69, 9.17) is 14.2 Å². The lowest BCUT2D eigenvalue weighted by Gasteiger charge is -2.23. The molecule has 2 amide bonds. The van der Waals surface area contributed by atoms with Gasteiger partial charge in [0.05, 0.1) is 48.4 Å². The van der Waals surface area contributed by atoms with Crippen molar-refractivity contribution in [3.8, 4) is 0 Å². The molecule has 0 heterocycles. The molecule has 3 unspecified atom stereocenters. The molecule has 0 saturated carbocycles. The number of aliphatic hydroxyl groups is 1. The molecule has 3 atom stereocenters. The van der Waals surface area contributed by atoms with Crippen LogP contribution in [-0.4, -0.2) is 131 Å². The fraction of sp³-hybridized carbons (Fsp3) is 0.860. The zero-order chi connectivity index (χ0) is 47.2. The van der Waals surface area contributed by atoms with E-state index in [9.17, 15) is 29.1 Å². The van der Waals surface area contributed by atoms with Crippen LogP contribution in [0.4, 0.5) is 0 Å². The number of allylic oxidation sites excluding steroid dienone is 1. The number of ether oxygens (including phenoxy) is 3. The minimum absolute atomic E-state index is 0. The van der Waals surface area contributed by atoms with Crippen LogP contribution in [0.2, 0.25) is 0 Å². The molecule has 0 fully saturated rings. The van der Waals surface area contributed by atoms with Gasteiger partial charge in [-0.25, -0.2) is 0 Å². The molecule has 0 aliphatic heterocycles. The molecular weight excluding hydrogens is 871 g/mol. The van der Waals surface area contributed by atoms with Crippen LogP contribution in [0.25, 0.3) is 0 Å². The summed E-state index contributed by atoms with van der Waals surface area (Å²) in [4.78, 5) is 62.5. The first kappa shape index (κ1) is 66.8. The number of hydrogen-bond donors (Lipinski definition) is 3. The molecule has 0 aliphatic rings. The van der Waals surface area contributed by atoms with Crippen LogP contribution in [0.5, 0.6) is 0 Å². The molecule has 15 heteroatoms. The van der Waals surface area contributed by atoms with Crippen LogP contribution in [0.3, 0.4) is 0 Å². The number of amides is 2. The van der Waals surface area contributed by atoms with Crippen LogP contribution >= 0.6 is 0 Å². The number of aliphatic hydroxyl groups excluding tert-OH is 1. The van der Waals surface area contributed by atoms with Crippen molar-refractivity contribution in [1.82, 2.24) is 10.6 Å². The lowest BCUT2D eigenvalue weighted by molar-refractivity contribution is -0.870. The maximum atomic E-state index is 12.9. The summed E-state index contributed by atoms with van der Waals surface area (Å²) in [6, 6.07) is 0. The molecule has 0 aromatic heterocycles. The fourth-order valence-electron chi connectivity index (χ4n) is 6.89. The number of rotatable bonds is 42. The molecule has 0 bridgehead atoms. The van der Waals surface area contributed by atoms with Gasteiger partial charge in [-0.05, 0) is 64.2 Å². The van der Waals surface area contributed by atoms with Crippen LogP contribution in [0.15, 0.2) is 12.2 Å². The third kappa shape index (κ3) is 46.4. The highest BCUT2D eigenvalue weighted by Gasteiger charge is 2.23. The summed E-state index contributed by atoms with van der Waals surface area (Å²) in [5.41, 5.74) is 0. The fourth-order valence-corrected chi connectivity index (χ4v) is 6.89. The van der Waals surface area contributed by atoms with Crippen molar-refractivity contribution >= 4 is 29.7 Å². The van der Waals surface area contributed by atoms with E-state index in [1.54, 1.807) is 0 Å². The summed E-state index contributed by atoms with van der Waals surface area (Å²) in [5, 5.41) is 17.0. The zero-order valence-electron chi connectivity index (χ0n) is 42.4. The van der Waals surface area contributed by atoms with Gasteiger partial charge in [0.15, 0.2) is 0 Å². The average molecular weight is 968 g/mol. The number of esters is 3. The number of quaternary nitrogens is 2. The number of hydrogen-bond acceptors (Lipinski definition) is 9. The zero-order valence-corrected chi connectivity index (χ0v) is 43.9. The molecule has 0 aromatic carbocycles. The quantitative estimate of drug-likeness (QED) is 0.0209. The van der Waals surface area contributed by atoms with Gasteiger partial charge in [-0.3, -0.25) is 24.0 Å². The monoisotopic (exact) mass is 967 g/mol. The Kier molecular flexibility index (Phi) is 44.1. The molecule has 0 aliphatic carbocycles.